The van der Waals surface area contributed by atoms with Crippen LogP contribution in [0.15, 0.2) is 29.0 Å². The summed E-state index contributed by atoms with van der Waals surface area (Å²) in [4.78, 5) is 20.1. The van der Waals surface area contributed by atoms with Gasteiger partial charge in [0.25, 0.3) is 5.91 Å². The second kappa shape index (κ2) is 5.36. The van der Waals surface area contributed by atoms with Crippen molar-refractivity contribution in [1.29, 1.82) is 0 Å². The Morgan fingerprint density at radius 3 is 2.63 bits per heavy atom. The van der Waals surface area contributed by atoms with Gasteiger partial charge in [0.1, 0.15) is 5.69 Å². The zero-order valence-corrected chi connectivity index (χ0v) is 12.2. The van der Waals surface area contributed by atoms with E-state index in [1.54, 1.807) is 12.3 Å². The predicted octanol–water partition coefficient (Wildman–Crippen LogP) is 2.69. The molecule has 0 unspecified atom stereocenters. The van der Waals surface area contributed by atoms with Crippen molar-refractivity contribution < 1.29 is 4.79 Å². The van der Waals surface area contributed by atoms with Gasteiger partial charge < -0.3 is 11.1 Å². The topological polar surface area (TPSA) is 80.9 Å². The lowest BCUT2D eigenvalue weighted by Gasteiger charge is -2.09. The fourth-order valence-corrected chi connectivity index (χ4v) is 2.04. The van der Waals surface area contributed by atoms with Gasteiger partial charge in [-0.1, -0.05) is 0 Å². The number of halogens is 1. The fraction of sp³-hybridized carbons (Fsp3) is 0.154. The molecule has 0 aliphatic carbocycles. The van der Waals surface area contributed by atoms with E-state index in [0.717, 1.165) is 15.7 Å². The van der Waals surface area contributed by atoms with Crippen LogP contribution in [0.1, 0.15) is 21.7 Å². The second-order valence-corrected chi connectivity index (χ2v) is 5.04. The molecule has 0 bridgehead atoms. The van der Waals surface area contributed by atoms with Crippen LogP contribution in [-0.4, -0.2) is 15.9 Å². The zero-order chi connectivity index (χ0) is 14.0. The Hall–Kier alpha value is -1.95. The van der Waals surface area contributed by atoms with E-state index in [1.165, 1.54) is 6.20 Å². The van der Waals surface area contributed by atoms with Crippen LogP contribution in [0.3, 0.4) is 0 Å². The number of benzene rings is 1. The maximum atomic E-state index is 12.0. The van der Waals surface area contributed by atoms with Crippen LogP contribution in [0.2, 0.25) is 0 Å². The van der Waals surface area contributed by atoms with Crippen LogP contribution < -0.4 is 11.1 Å². The molecule has 0 saturated carbocycles. The molecule has 1 aromatic carbocycles. The molecule has 6 heteroatoms. The maximum absolute atomic E-state index is 12.0. The van der Waals surface area contributed by atoms with Gasteiger partial charge in [-0.15, -0.1) is 0 Å². The van der Waals surface area contributed by atoms with E-state index < -0.39 is 0 Å². The van der Waals surface area contributed by atoms with E-state index in [4.69, 9.17) is 5.73 Å². The summed E-state index contributed by atoms with van der Waals surface area (Å²) in [5.74, 6) is -0.323. The van der Waals surface area contributed by atoms with Gasteiger partial charge in [0.15, 0.2) is 0 Å². The number of nitrogen functional groups attached to an aromatic ring is 1. The van der Waals surface area contributed by atoms with Gasteiger partial charge in [0.05, 0.1) is 17.6 Å². The molecule has 2 aromatic rings. The lowest BCUT2D eigenvalue weighted by molar-refractivity contribution is 0.102. The van der Waals surface area contributed by atoms with Crippen LogP contribution >= 0.6 is 15.9 Å². The number of aryl methyl sites for hydroxylation is 2. The molecule has 0 atom stereocenters. The molecule has 98 valence electrons. The van der Waals surface area contributed by atoms with Crippen LogP contribution in [-0.2, 0) is 0 Å². The van der Waals surface area contributed by atoms with Crippen LogP contribution in [0, 0.1) is 13.8 Å². The highest BCUT2D eigenvalue weighted by molar-refractivity contribution is 9.10. The minimum Gasteiger partial charge on any atom is -0.398 e. The zero-order valence-electron chi connectivity index (χ0n) is 10.6. The Kier molecular flexibility index (Phi) is 3.80. The number of rotatable bonds is 2. The average molecular weight is 321 g/mol. The van der Waals surface area contributed by atoms with E-state index in [0.29, 0.717) is 11.4 Å². The predicted molar refractivity (Wildman–Crippen MR) is 78.0 cm³/mol. The summed E-state index contributed by atoms with van der Waals surface area (Å²) in [5.41, 5.74) is 9.02. The highest BCUT2D eigenvalue weighted by atomic mass is 79.9. The first-order valence-corrected chi connectivity index (χ1v) is 6.42. The van der Waals surface area contributed by atoms with Crippen molar-refractivity contribution in [3.05, 3.63) is 46.0 Å². The molecule has 0 aliphatic heterocycles. The van der Waals surface area contributed by atoms with Crippen molar-refractivity contribution in [1.82, 2.24) is 9.97 Å². The van der Waals surface area contributed by atoms with E-state index in [1.807, 2.05) is 19.9 Å². The first-order chi connectivity index (χ1) is 8.97. The number of nitrogens with zero attached hydrogens (tertiary/aromatic N) is 2. The number of carbonyl (C=O) groups excluding carboxylic acids is 1. The molecule has 19 heavy (non-hydrogen) atoms. The minimum atomic E-state index is -0.323. The third-order valence-corrected chi connectivity index (χ3v) is 3.27. The van der Waals surface area contributed by atoms with Crippen molar-refractivity contribution in [2.45, 2.75) is 13.8 Å². The number of nitrogens with one attached hydrogen (secondary N) is 1. The summed E-state index contributed by atoms with van der Waals surface area (Å²) >= 11 is 3.39. The Labute approximate surface area is 119 Å². The molecule has 5 nitrogen and oxygen atoms in total. The van der Waals surface area contributed by atoms with Crippen molar-refractivity contribution >= 4 is 33.2 Å². The Morgan fingerprint density at radius 1 is 1.26 bits per heavy atom. The summed E-state index contributed by atoms with van der Waals surface area (Å²) in [5, 5.41) is 2.75. The smallest absolute Gasteiger partial charge is 0.275 e. The molecule has 1 heterocycles. The van der Waals surface area contributed by atoms with Crippen LogP contribution in [0.4, 0.5) is 11.4 Å². The van der Waals surface area contributed by atoms with E-state index >= 15 is 0 Å². The summed E-state index contributed by atoms with van der Waals surface area (Å²) in [6, 6.07) is 3.56. The van der Waals surface area contributed by atoms with Gasteiger partial charge in [0.2, 0.25) is 0 Å². The first-order valence-electron chi connectivity index (χ1n) is 5.63. The third kappa shape index (κ3) is 3.08. The van der Waals surface area contributed by atoms with Gasteiger partial charge in [-0.3, -0.25) is 9.78 Å². The third-order valence-electron chi connectivity index (χ3n) is 2.62. The monoisotopic (exact) mass is 320 g/mol. The average Bonchev–Trinajstić information content (AvgIpc) is 2.36. The number of amides is 1. The van der Waals surface area contributed by atoms with Crippen LogP contribution in [0.5, 0.6) is 0 Å². The molecule has 1 aromatic heterocycles. The lowest BCUT2D eigenvalue weighted by Crippen LogP contribution is -2.14. The molecule has 0 spiro atoms. The Morgan fingerprint density at radius 2 is 2.00 bits per heavy atom. The molecular weight excluding hydrogens is 308 g/mol. The Balaban J connectivity index is 2.24. The summed E-state index contributed by atoms with van der Waals surface area (Å²) < 4.78 is 0.771. The van der Waals surface area contributed by atoms with Crippen LogP contribution in [0.25, 0.3) is 0 Å². The van der Waals surface area contributed by atoms with Gasteiger partial charge in [-0.25, -0.2) is 4.98 Å². The Bertz CT molecular complexity index is 625. The number of hydrogen-bond donors (Lipinski definition) is 2. The van der Waals surface area contributed by atoms with E-state index in [2.05, 4.69) is 31.2 Å². The summed E-state index contributed by atoms with van der Waals surface area (Å²) in [7, 11) is 0. The van der Waals surface area contributed by atoms with Gasteiger partial charge in [-0.2, -0.15) is 0 Å². The normalized spacial score (nSPS) is 10.3. The van der Waals surface area contributed by atoms with Gasteiger partial charge >= 0.3 is 0 Å². The van der Waals surface area contributed by atoms with Gasteiger partial charge in [-0.05, 0) is 47.5 Å². The summed E-state index contributed by atoms with van der Waals surface area (Å²) in [6.45, 7) is 3.71. The molecular formula is C13H13BrN4O. The fourth-order valence-electron chi connectivity index (χ4n) is 1.48. The number of nitrogens with two attached hydrogens (primary N) is 1. The van der Waals surface area contributed by atoms with Crippen molar-refractivity contribution in [2.75, 3.05) is 11.1 Å². The lowest BCUT2D eigenvalue weighted by atomic mass is 10.2. The SMILES string of the molecule is Cc1cnc(C(=O)Nc2cc(N)c(C)cc2Br)cn1. The summed E-state index contributed by atoms with van der Waals surface area (Å²) in [6.07, 6.45) is 2.99. The number of aromatic nitrogens is 2. The van der Waals surface area contributed by atoms with E-state index in [9.17, 15) is 4.79 Å². The number of anilines is 2. The second-order valence-electron chi connectivity index (χ2n) is 4.19. The molecule has 1 amide bonds. The van der Waals surface area contributed by atoms with Gasteiger partial charge in [0, 0.05) is 16.4 Å². The molecule has 0 fully saturated rings. The maximum Gasteiger partial charge on any atom is 0.275 e. The van der Waals surface area contributed by atoms with Crippen molar-refractivity contribution in [3.8, 4) is 0 Å². The first kappa shape index (κ1) is 13.5. The highest BCUT2D eigenvalue weighted by Gasteiger charge is 2.11. The highest BCUT2D eigenvalue weighted by Crippen LogP contribution is 2.27. The van der Waals surface area contributed by atoms with Crippen molar-refractivity contribution in [2.24, 2.45) is 0 Å². The van der Waals surface area contributed by atoms with Crippen molar-refractivity contribution in [3.63, 3.8) is 0 Å². The molecule has 0 saturated heterocycles. The number of carbonyl (C=O) groups is 1. The quantitative estimate of drug-likeness (QED) is 0.833. The van der Waals surface area contributed by atoms with E-state index in [-0.39, 0.29) is 11.6 Å². The molecule has 2 rings (SSSR count). The number of hydrogen-bond acceptors (Lipinski definition) is 4. The largest absolute Gasteiger partial charge is 0.398 e. The standard InChI is InChI=1S/C13H13BrN4O/c1-7-3-9(14)11(4-10(7)15)18-13(19)12-6-16-8(2)5-17-12/h3-6H,15H2,1-2H3,(H,18,19). The molecule has 0 radical (unpaired) electrons. The minimum absolute atomic E-state index is 0.261. The molecule has 3 N–H and O–H groups in total. The molecule has 0 aliphatic rings.